The first kappa shape index (κ1) is 11.6. The smallest absolute Gasteiger partial charge is 0.312 e. The van der Waals surface area contributed by atoms with Crippen LogP contribution in [0.5, 0.6) is 0 Å². The Labute approximate surface area is 109 Å². The molecule has 0 saturated carbocycles. The molecule has 0 spiro atoms. The molecule has 19 heavy (non-hydrogen) atoms. The molecule has 1 atom stereocenters. The van der Waals surface area contributed by atoms with Crippen LogP contribution in [0.2, 0.25) is 0 Å². The van der Waals surface area contributed by atoms with Gasteiger partial charge in [-0.3, -0.25) is 4.79 Å². The van der Waals surface area contributed by atoms with Gasteiger partial charge in [0.25, 0.3) is 0 Å². The van der Waals surface area contributed by atoms with Gasteiger partial charge >= 0.3 is 5.97 Å². The van der Waals surface area contributed by atoms with Gasteiger partial charge in [-0.1, -0.05) is 18.2 Å². The standard InChI is InChI=1S/C12H13N5O2/c1-16-14-11(13-15-16)7-17-6-9(12(18)19)8-4-2-3-5-10(8)17/h2-5,9H,6-7H2,1H3,(H,18,19). The highest BCUT2D eigenvalue weighted by molar-refractivity contribution is 5.82. The van der Waals surface area contributed by atoms with Gasteiger partial charge in [-0.25, -0.2) is 0 Å². The normalized spacial score (nSPS) is 17.5. The van der Waals surface area contributed by atoms with E-state index in [1.165, 1.54) is 4.80 Å². The molecule has 1 N–H and O–H groups in total. The molecule has 7 nitrogen and oxygen atoms in total. The minimum Gasteiger partial charge on any atom is -0.481 e. The van der Waals surface area contributed by atoms with Crippen LogP contribution in [0.4, 0.5) is 5.69 Å². The Balaban J connectivity index is 1.90. The van der Waals surface area contributed by atoms with E-state index in [0.29, 0.717) is 18.9 Å². The fraction of sp³-hybridized carbons (Fsp3) is 0.333. The van der Waals surface area contributed by atoms with Crippen molar-refractivity contribution < 1.29 is 9.90 Å². The van der Waals surface area contributed by atoms with Crippen LogP contribution in [0.3, 0.4) is 0 Å². The summed E-state index contributed by atoms with van der Waals surface area (Å²) < 4.78 is 0. The van der Waals surface area contributed by atoms with Gasteiger partial charge in [0.15, 0.2) is 5.82 Å². The molecular formula is C12H13N5O2. The zero-order valence-corrected chi connectivity index (χ0v) is 10.4. The number of hydrogen-bond donors (Lipinski definition) is 1. The number of hydrogen-bond acceptors (Lipinski definition) is 5. The summed E-state index contributed by atoms with van der Waals surface area (Å²) in [5.74, 6) is -0.710. The lowest BCUT2D eigenvalue weighted by molar-refractivity contribution is -0.138. The number of carboxylic acids is 1. The summed E-state index contributed by atoms with van der Waals surface area (Å²) in [4.78, 5) is 14.7. The molecule has 2 heterocycles. The number of anilines is 1. The van der Waals surface area contributed by atoms with E-state index in [1.54, 1.807) is 7.05 Å². The Hall–Kier alpha value is -2.44. The lowest BCUT2D eigenvalue weighted by Crippen LogP contribution is -2.24. The first-order valence-electron chi connectivity index (χ1n) is 5.94. The van der Waals surface area contributed by atoms with Crippen LogP contribution in [0, 0.1) is 0 Å². The molecule has 2 aromatic rings. The molecule has 1 aromatic heterocycles. The molecule has 0 saturated heterocycles. The zero-order chi connectivity index (χ0) is 13.4. The molecule has 7 heteroatoms. The third-order valence-corrected chi connectivity index (χ3v) is 3.24. The Morgan fingerprint density at radius 3 is 2.95 bits per heavy atom. The Kier molecular flexibility index (Phi) is 2.66. The molecule has 0 fully saturated rings. The van der Waals surface area contributed by atoms with Crippen LogP contribution in [-0.2, 0) is 18.4 Å². The second-order valence-corrected chi connectivity index (χ2v) is 4.53. The minimum absolute atomic E-state index is 0.437. The predicted molar refractivity (Wildman–Crippen MR) is 66.7 cm³/mol. The predicted octanol–water partition coefficient (Wildman–Crippen LogP) is 0.398. The van der Waals surface area contributed by atoms with E-state index in [-0.39, 0.29) is 0 Å². The number of carboxylic acid groups (broad SMARTS) is 1. The molecule has 0 amide bonds. The monoisotopic (exact) mass is 259 g/mol. The zero-order valence-electron chi connectivity index (χ0n) is 10.4. The van der Waals surface area contributed by atoms with E-state index in [1.807, 2.05) is 29.2 Å². The Bertz CT molecular complexity index is 624. The van der Waals surface area contributed by atoms with Crippen molar-refractivity contribution in [3.05, 3.63) is 35.7 Å². The number of para-hydroxylation sites is 1. The number of carbonyl (C=O) groups is 1. The summed E-state index contributed by atoms with van der Waals surface area (Å²) >= 11 is 0. The van der Waals surface area contributed by atoms with E-state index >= 15 is 0 Å². The van der Waals surface area contributed by atoms with Gasteiger partial charge in [0, 0.05) is 12.2 Å². The molecule has 0 bridgehead atoms. The average molecular weight is 259 g/mol. The van der Waals surface area contributed by atoms with Gasteiger partial charge in [0.2, 0.25) is 0 Å². The summed E-state index contributed by atoms with van der Waals surface area (Å²) in [5.41, 5.74) is 1.78. The molecular weight excluding hydrogens is 246 g/mol. The van der Waals surface area contributed by atoms with Gasteiger partial charge in [-0.2, -0.15) is 4.80 Å². The fourth-order valence-electron chi connectivity index (χ4n) is 2.41. The second-order valence-electron chi connectivity index (χ2n) is 4.53. The van der Waals surface area contributed by atoms with Crippen molar-refractivity contribution >= 4 is 11.7 Å². The molecule has 3 rings (SSSR count). The van der Waals surface area contributed by atoms with Crippen molar-refractivity contribution in [1.29, 1.82) is 0 Å². The van der Waals surface area contributed by atoms with Crippen molar-refractivity contribution in [2.24, 2.45) is 7.05 Å². The fourth-order valence-corrected chi connectivity index (χ4v) is 2.41. The molecule has 1 unspecified atom stereocenters. The van der Waals surface area contributed by atoms with E-state index in [9.17, 15) is 9.90 Å². The van der Waals surface area contributed by atoms with Crippen molar-refractivity contribution in [2.45, 2.75) is 12.5 Å². The summed E-state index contributed by atoms with van der Waals surface area (Å²) in [6, 6.07) is 7.55. The number of aryl methyl sites for hydroxylation is 1. The number of tetrazole rings is 1. The molecule has 1 aliphatic heterocycles. The van der Waals surface area contributed by atoms with Crippen LogP contribution >= 0.6 is 0 Å². The lowest BCUT2D eigenvalue weighted by Gasteiger charge is -2.16. The summed E-state index contributed by atoms with van der Waals surface area (Å²) in [5, 5.41) is 21.1. The van der Waals surface area contributed by atoms with E-state index in [2.05, 4.69) is 15.4 Å². The van der Waals surface area contributed by atoms with E-state index in [4.69, 9.17) is 0 Å². The van der Waals surface area contributed by atoms with Crippen LogP contribution in [0.1, 0.15) is 17.3 Å². The Morgan fingerprint density at radius 1 is 1.47 bits per heavy atom. The van der Waals surface area contributed by atoms with Gasteiger partial charge < -0.3 is 10.0 Å². The van der Waals surface area contributed by atoms with Gasteiger partial charge in [0.1, 0.15) is 5.92 Å². The maximum atomic E-state index is 11.3. The van der Waals surface area contributed by atoms with Crippen LogP contribution < -0.4 is 4.90 Å². The van der Waals surface area contributed by atoms with Crippen molar-refractivity contribution in [3.8, 4) is 0 Å². The SMILES string of the molecule is Cn1nnc(CN2CC(C(=O)O)c3ccccc32)n1. The highest BCUT2D eigenvalue weighted by Gasteiger charge is 2.33. The van der Waals surface area contributed by atoms with Gasteiger partial charge in [0.05, 0.1) is 13.6 Å². The van der Waals surface area contributed by atoms with Crippen molar-refractivity contribution in [2.75, 3.05) is 11.4 Å². The number of fused-ring (bicyclic) bond motifs is 1. The average Bonchev–Trinajstić information content (AvgIpc) is 2.95. The number of benzene rings is 1. The maximum absolute atomic E-state index is 11.3. The largest absolute Gasteiger partial charge is 0.481 e. The van der Waals surface area contributed by atoms with Crippen LogP contribution in [-0.4, -0.2) is 37.8 Å². The molecule has 0 aliphatic carbocycles. The molecule has 1 aliphatic rings. The third-order valence-electron chi connectivity index (χ3n) is 3.24. The van der Waals surface area contributed by atoms with Crippen LogP contribution in [0.25, 0.3) is 0 Å². The number of aromatic nitrogens is 4. The van der Waals surface area contributed by atoms with E-state index < -0.39 is 11.9 Å². The molecule has 0 radical (unpaired) electrons. The number of aliphatic carboxylic acids is 1. The quantitative estimate of drug-likeness (QED) is 0.858. The van der Waals surface area contributed by atoms with Gasteiger partial charge in [-0.15, -0.1) is 10.2 Å². The van der Waals surface area contributed by atoms with Crippen molar-refractivity contribution in [3.63, 3.8) is 0 Å². The molecule has 98 valence electrons. The number of rotatable bonds is 3. The lowest BCUT2D eigenvalue weighted by atomic mass is 10.0. The minimum atomic E-state index is -0.804. The summed E-state index contributed by atoms with van der Waals surface area (Å²) in [6.07, 6.45) is 0. The summed E-state index contributed by atoms with van der Waals surface area (Å²) in [6.45, 7) is 0.904. The first-order valence-corrected chi connectivity index (χ1v) is 5.94. The van der Waals surface area contributed by atoms with Gasteiger partial charge in [-0.05, 0) is 16.8 Å². The highest BCUT2D eigenvalue weighted by atomic mass is 16.4. The highest BCUT2D eigenvalue weighted by Crippen LogP contribution is 2.36. The molecule has 1 aromatic carbocycles. The van der Waals surface area contributed by atoms with E-state index in [0.717, 1.165) is 11.3 Å². The maximum Gasteiger partial charge on any atom is 0.312 e. The number of nitrogens with zero attached hydrogens (tertiary/aromatic N) is 5. The first-order chi connectivity index (χ1) is 9.15. The Morgan fingerprint density at radius 2 is 2.26 bits per heavy atom. The van der Waals surface area contributed by atoms with Crippen molar-refractivity contribution in [1.82, 2.24) is 20.2 Å². The third kappa shape index (κ3) is 2.03. The summed E-state index contributed by atoms with van der Waals surface area (Å²) in [7, 11) is 1.70. The topological polar surface area (TPSA) is 84.1 Å². The second kappa shape index (κ2) is 4.34. The van der Waals surface area contributed by atoms with Crippen LogP contribution in [0.15, 0.2) is 24.3 Å².